The summed E-state index contributed by atoms with van der Waals surface area (Å²) in [4.78, 5) is 14.5. The predicted molar refractivity (Wildman–Crippen MR) is 87.2 cm³/mol. The maximum absolute atomic E-state index is 12.5. The van der Waals surface area contributed by atoms with Crippen LogP contribution in [-0.4, -0.2) is 29.9 Å². The lowest BCUT2D eigenvalue weighted by Crippen LogP contribution is -2.45. The number of carbonyl (C=O) groups is 1. The van der Waals surface area contributed by atoms with E-state index in [0.717, 1.165) is 38.9 Å². The van der Waals surface area contributed by atoms with Gasteiger partial charge in [-0.15, -0.1) is 0 Å². The highest BCUT2D eigenvalue weighted by atomic mass is 16.2. The van der Waals surface area contributed by atoms with E-state index in [1.54, 1.807) is 0 Å². The van der Waals surface area contributed by atoms with Crippen molar-refractivity contribution in [1.29, 1.82) is 0 Å². The number of nitrogens with one attached hydrogen (secondary N) is 1. The van der Waals surface area contributed by atoms with Crippen LogP contribution in [0.2, 0.25) is 0 Å². The third kappa shape index (κ3) is 4.57. The van der Waals surface area contributed by atoms with Crippen molar-refractivity contribution in [3.63, 3.8) is 0 Å². The first-order chi connectivity index (χ1) is 10.2. The van der Waals surface area contributed by atoms with Crippen molar-refractivity contribution in [2.45, 2.75) is 58.5 Å². The van der Waals surface area contributed by atoms with Gasteiger partial charge in [-0.1, -0.05) is 44.0 Å². The van der Waals surface area contributed by atoms with Crippen molar-refractivity contribution < 1.29 is 4.79 Å². The zero-order valence-corrected chi connectivity index (χ0v) is 13.4. The Hall–Kier alpha value is -1.35. The molecule has 1 saturated heterocycles. The second-order valence-electron chi connectivity index (χ2n) is 5.96. The largest absolute Gasteiger partial charge is 0.341 e. The fourth-order valence-corrected chi connectivity index (χ4v) is 2.99. The number of amides is 1. The third-order valence-electron chi connectivity index (χ3n) is 4.39. The number of carbonyl (C=O) groups excluding carboxylic acids is 1. The van der Waals surface area contributed by atoms with Crippen LogP contribution < -0.4 is 5.32 Å². The van der Waals surface area contributed by atoms with Gasteiger partial charge in [-0.05, 0) is 37.3 Å². The molecule has 21 heavy (non-hydrogen) atoms. The Labute approximate surface area is 128 Å². The van der Waals surface area contributed by atoms with Crippen LogP contribution in [0.15, 0.2) is 24.3 Å². The highest BCUT2D eigenvalue weighted by molar-refractivity contribution is 5.81. The molecule has 0 saturated carbocycles. The minimum Gasteiger partial charge on any atom is -0.341 e. The van der Waals surface area contributed by atoms with E-state index in [9.17, 15) is 4.79 Å². The van der Waals surface area contributed by atoms with Crippen molar-refractivity contribution >= 4 is 5.91 Å². The van der Waals surface area contributed by atoms with E-state index in [0.29, 0.717) is 0 Å². The van der Waals surface area contributed by atoms with E-state index in [4.69, 9.17) is 0 Å². The molecule has 1 atom stereocenters. The topological polar surface area (TPSA) is 32.3 Å². The zero-order valence-electron chi connectivity index (χ0n) is 13.4. The molecular weight excluding hydrogens is 260 g/mol. The lowest BCUT2D eigenvalue weighted by Gasteiger charge is -2.25. The molecule has 1 heterocycles. The average molecular weight is 288 g/mol. The minimum absolute atomic E-state index is 0.104. The first-order valence-electron chi connectivity index (χ1n) is 8.31. The molecule has 1 aromatic rings. The number of rotatable bonds is 5. The van der Waals surface area contributed by atoms with Crippen molar-refractivity contribution in [3.05, 3.63) is 35.4 Å². The number of aryl methyl sites for hydroxylation is 1. The molecule has 1 unspecified atom stereocenters. The third-order valence-corrected chi connectivity index (χ3v) is 4.39. The average Bonchev–Trinajstić information content (AvgIpc) is 2.81. The Morgan fingerprint density at radius 2 is 1.76 bits per heavy atom. The standard InChI is InChI=1S/C18H28N2O/c1-3-16-10-6-7-11-17(16)14-19-15(2)18(21)20-12-8-4-5-9-13-20/h6-7,10-11,15,19H,3-5,8-9,12-14H2,1-2H3. The number of hydrogen-bond acceptors (Lipinski definition) is 2. The van der Waals surface area contributed by atoms with Crippen LogP contribution in [0, 0.1) is 0 Å². The van der Waals surface area contributed by atoms with E-state index in [1.165, 1.54) is 24.0 Å². The summed E-state index contributed by atoms with van der Waals surface area (Å²) in [7, 11) is 0. The van der Waals surface area contributed by atoms with Crippen LogP contribution in [0.1, 0.15) is 50.7 Å². The minimum atomic E-state index is -0.104. The van der Waals surface area contributed by atoms with Gasteiger partial charge in [-0.3, -0.25) is 4.79 Å². The van der Waals surface area contributed by atoms with E-state index < -0.39 is 0 Å². The quantitative estimate of drug-likeness (QED) is 0.903. The van der Waals surface area contributed by atoms with Gasteiger partial charge in [-0.2, -0.15) is 0 Å². The van der Waals surface area contributed by atoms with Crippen LogP contribution in [0.3, 0.4) is 0 Å². The van der Waals surface area contributed by atoms with Crippen molar-refractivity contribution in [2.75, 3.05) is 13.1 Å². The summed E-state index contributed by atoms with van der Waals surface area (Å²) in [6.07, 6.45) is 5.85. The Balaban J connectivity index is 1.88. The summed E-state index contributed by atoms with van der Waals surface area (Å²) < 4.78 is 0. The molecule has 1 aliphatic heterocycles. The van der Waals surface area contributed by atoms with Crippen molar-refractivity contribution in [1.82, 2.24) is 10.2 Å². The highest BCUT2D eigenvalue weighted by Crippen LogP contribution is 2.12. The molecular formula is C18H28N2O. The molecule has 1 fully saturated rings. The number of hydrogen-bond donors (Lipinski definition) is 1. The molecule has 0 radical (unpaired) electrons. The molecule has 2 rings (SSSR count). The summed E-state index contributed by atoms with van der Waals surface area (Å²) in [6.45, 7) is 6.78. The Bertz CT molecular complexity index is 450. The van der Waals surface area contributed by atoms with Gasteiger partial charge in [0.05, 0.1) is 6.04 Å². The molecule has 116 valence electrons. The second kappa shape index (κ2) is 8.18. The Kier molecular flexibility index (Phi) is 6.24. The Morgan fingerprint density at radius 1 is 1.14 bits per heavy atom. The first-order valence-corrected chi connectivity index (χ1v) is 8.31. The van der Waals surface area contributed by atoms with E-state index >= 15 is 0 Å². The van der Waals surface area contributed by atoms with Crippen molar-refractivity contribution in [2.24, 2.45) is 0 Å². The summed E-state index contributed by atoms with van der Waals surface area (Å²) in [5.41, 5.74) is 2.66. The summed E-state index contributed by atoms with van der Waals surface area (Å²) in [5.74, 6) is 0.255. The van der Waals surface area contributed by atoms with Gasteiger partial charge in [0, 0.05) is 19.6 Å². The summed E-state index contributed by atoms with van der Waals surface area (Å²) >= 11 is 0. The first kappa shape index (κ1) is 16.0. The highest BCUT2D eigenvalue weighted by Gasteiger charge is 2.20. The Morgan fingerprint density at radius 3 is 2.38 bits per heavy atom. The van der Waals surface area contributed by atoms with Gasteiger partial charge in [0.2, 0.25) is 5.91 Å². The summed E-state index contributed by atoms with van der Waals surface area (Å²) in [5, 5.41) is 3.40. The van der Waals surface area contributed by atoms with Crippen LogP contribution in [0.4, 0.5) is 0 Å². The maximum Gasteiger partial charge on any atom is 0.239 e. The van der Waals surface area contributed by atoms with Gasteiger partial charge in [0.1, 0.15) is 0 Å². The monoisotopic (exact) mass is 288 g/mol. The van der Waals surface area contributed by atoms with Gasteiger partial charge < -0.3 is 10.2 Å². The molecule has 1 aromatic carbocycles. The van der Waals surface area contributed by atoms with Gasteiger partial charge in [0.15, 0.2) is 0 Å². The number of benzene rings is 1. The molecule has 0 bridgehead atoms. The number of nitrogens with zero attached hydrogens (tertiary/aromatic N) is 1. The maximum atomic E-state index is 12.5. The smallest absolute Gasteiger partial charge is 0.239 e. The predicted octanol–water partition coefficient (Wildman–Crippen LogP) is 3.13. The fourth-order valence-electron chi connectivity index (χ4n) is 2.99. The molecule has 1 aliphatic rings. The summed E-state index contributed by atoms with van der Waals surface area (Å²) in [6, 6.07) is 8.35. The SMILES string of the molecule is CCc1ccccc1CNC(C)C(=O)N1CCCCCC1. The molecule has 3 heteroatoms. The van der Waals surface area contributed by atoms with E-state index in [-0.39, 0.29) is 11.9 Å². The lowest BCUT2D eigenvalue weighted by molar-refractivity contribution is -0.133. The normalized spacial score (nSPS) is 17.3. The zero-order chi connectivity index (χ0) is 15.1. The molecule has 1 amide bonds. The van der Waals surface area contributed by atoms with Gasteiger partial charge >= 0.3 is 0 Å². The molecule has 0 aliphatic carbocycles. The molecule has 3 nitrogen and oxygen atoms in total. The van der Waals surface area contributed by atoms with E-state index in [2.05, 4.69) is 36.5 Å². The van der Waals surface area contributed by atoms with Crippen LogP contribution >= 0.6 is 0 Å². The van der Waals surface area contributed by atoms with Crippen molar-refractivity contribution in [3.8, 4) is 0 Å². The lowest BCUT2D eigenvalue weighted by atomic mass is 10.1. The molecule has 0 aromatic heterocycles. The fraction of sp³-hybridized carbons (Fsp3) is 0.611. The van der Waals surface area contributed by atoms with Crippen LogP contribution in [0.25, 0.3) is 0 Å². The van der Waals surface area contributed by atoms with Crippen LogP contribution in [0.5, 0.6) is 0 Å². The molecule has 1 N–H and O–H groups in total. The van der Waals surface area contributed by atoms with Gasteiger partial charge in [-0.25, -0.2) is 0 Å². The van der Waals surface area contributed by atoms with Crippen LogP contribution in [-0.2, 0) is 17.8 Å². The second-order valence-corrected chi connectivity index (χ2v) is 5.96. The number of likely N-dealkylation sites (tertiary alicyclic amines) is 1. The van der Waals surface area contributed by atoms with Gasteiger partial charge in [0.25, 0.3) is 0 Å². The van der Waals surface area contributed by atoms with E-state index in [1.807, 2.05) is 11.8 Å². The molecule has 0 spiro atoms.